The van der Waals surface area contributed by atoms with Crippen molar-refractivity contribution in [2.75, 3.05) is 18.2 Å². The molecular weight excluding hydrogens is 386 g/mol. The predicted molar refractivity (Wildman–Crippen MR) is 107 cm³/mol. The topological polar surface area (TPSA) is 77.2 Å². The van der Waals surface area contributed by atoms with Gasteiger partial charge < -0.3 is 14.5 Å². The number of aromatic nitrogens is 2. The van der Waals surface area contributed by atoms with Gasteiger partial charge in [0.05, 0.1) is 18.4 Å². The third-order valence-corrected chi connectivity index (χ3v) is 4.85. The fraction of sp³-hybridized carbons (Fsp3) is 0.211. The number of nitrogens with one attached hydrogen (secondary N) is 1. The van der Waals surface area contributed by atoms with Crippen molar-refractivity contribution in [1.29, 1.82) is 0 Å². The van der Waals surface area contributed by atoms with Gasteiger partial charge in [0.1, 0.15) is 5.75 Å². The highest BCUT2D eigenvalue weighted by Gasteiger charge is 2.15. The van der Waals surface area contributed by atoms with Crippen LogP contribution in [-0.4, -0.2) is 29.0 Å². The average Bonchev–Trinajstić information content (AvgIpc) is 3.12. The molecule has 3 rings (SSSR count). The molecule has 0 saturated heterocycles. The molecular formula is C19H18ClN3O3S. The van der Waals surface area contributed by atoms with Crippen LogP contribution < -0.4 is 10.1 Å². The van der Waals surface area contributed by atoms with E-state index in [2.05, 4.69) is 15.5 Å². The molecule has 3 aromatic rings. The number of hydrogen-bond acceptors (Lipinski definition) is 6. The minimum atomic E-state index is -0.145. The van der Waals surface area contributed by atoms with Gasteiger partial charge in [-0.3, -0.25) is 4.79 Å². The zero-order valence-electron chi connectivity index (χ0n) is 15.1. The molecule has 1 aromatic heterocycles. The van der Waals surface area contributed by atoms with Gasteiger partial charge >= 0.3 is 0 Å². The standard InChI is InChI=1S/C19H18ClN3O3S/c1-11-4-5-12(2)15(8-11)21-17(24)10-27-19-23-22-18(26-19)14-9-13(20)6-7-16(14)25-3/h4-9H,10H2,1-3H3,(H,21,24). The number of anilines is 1. The Labute approximate surface area is 166 Å². The van der Waals surface area contributed by atoms with Crippen LogP contribution in [0.3, 0.4) is 0 Å². The van der Waals surface area contributed by atoms with Crippen molar-refractivity contribution in [1.82, 2.24) is 10.2 Å². The highest BCUT2D eigenvalue weighted by molar-refractivity contribution is 7.99. The number of amides is 1. The van der Waals surface area contributed by atoms with E-state index in [-0.39, 0.29) is 17.6 Å². The van der Waals surface area contributed by atoms with Crippen LogP contribution in [0.25, 0.3) is 11.5 Å². The Bertz CT molecular complexity index is 975. The SMILES string of the molecule is COc1ccc(Cl)cc1-c1nnc(SCC(=O)Nc2cc(C)ccc2C)o1. The highest BCUT2D eigenvalue weighted by Crippen LogP contribution is 2.33. The zero-order chi connectivity index (χ0) is 19.4. The smallest absolute Gasteiger partial charge is 0.277 e. The summed E-state index contributed by atoms with van der Waals surface area (Å²) >= 11 is 7.20. The van der Waals surface area contributed by atoms with Gasteiger partial charge in [-0.1, -0.05) is 35.5 Å². The molecule has 1 N–H and O–H groups in total. The summed E-state index contributed by atoms with van der Waals surface area (Å²) in [7, 11) is 1.55. The van der Waals surface area contributed by atoms with Gasteiger partial charge in [0.2, 0.25) is 5.91 Å². The van der Waals surface area contributed by atoms with Crippen LogP contribution in [0.15, 0.2) is 46.0 Å². The molecule has 0 radical (unpaired) electrons. The van der Waals surface area contributed by atoms with Crippen molar-refractivity contribution in [3.05, 3.63) is 52.5 Å². The largest absolute Gasteiger partial charge is 0.496 e. The Hall–Kier alpha value is -2.51. The molecule has 0 spiro atoms. The maximum Gasteiger partial charge on any atom is 0.277 e. The van der Waals surface area contributed by atoms with E-state index in [1.165, 1.54) is 0 Å². The molecule has 0 aliphatic heterocycles. The van der Waals surface area contributed by atoms with Crippen molar-refractivity contribution in [2.24, 2.45) is 0 Å². The summed E-state index contributed by atoms with van der Waals surface area (Å²) in [4.78, 5) is 12.2. The van der Waals surface area contributed by atoms with Crippen LogP contribution >= 0.6 is 23.4 Å². The van der Waals surface area contributed by atoms with E-state index in [1.54, 1.807) is 25.3 Å². The Morgan fingerprint density at radius 3 is 2.81 bits per heavy atom. The number of rotatable bonds is 6. The molecule has 0 atom stereocenters. The fourth-order valence-corrected chi connectivity index (χ4v) is 3.14. The Morgan fingerprint density at radius 1 is 1.22 bits per heavy atom. The molecule has 0 bridgehead atoms. The molecule has 6 nitrogen and oxygen atoms in total. The number of benzene rings is 2. The van der Waals surface area contributed by atoms with Gasteiger partial charge in [-0.25, -0.2) is 0 Å². The first-order valence-corrected chi connectivity index (χ1v) is 9.50. The molecule has 1 amide bonds. The summed E-state index contributed by atoms with van der Waals surface area (Å²) in [5.41, 5.74) is 3.49. The maximum atomic E-state index is 12.2. The lowest BCUT2D eigenvalue weighted by atomic mass is 10.1. The maximum absolute atomic E-state index is 12.2. The molecule has 0 saturated carbocycles. The second-order valence-corrected chi connectivity index (χ2v) is 7.24. The fourth-order valence-electron chi connectivity index (χ4n) is 2.41. The summed E-state index contributed by atoms with van der Waals surface area (Å²) in [5, 5.41) is 11.7. The number of ether oxygens (including phenoxy) is 1. The second-order valence-electron chi connectivity index (χ2n) is 5.87. The monoisotopic (exact) mass is 403 g/mol. The summed E-state index contributed by atoms with van der Waals surface area (Å²) in [6, 6.07) is 11.0. The van der Waals surface area contributed by atoms with Crippen LogP contribution in [0.5, 0.6) is 5.75 Å². The van der Waals surface area contributed by atoms with Gasteiger partial charge in [-0.2, -0.15) is 0 Å². The van der Waals surface area contributed by atoms with Crippen LogP contribution in [0.4, 0.5) is 5.69 Å². The first kappa shape index (κ1) is 19.3. The van der Waals surface area contributed by atoms with E-state index in [9.17, 15) is 4.79 Å². The first-order chi connectivity index (χ1) is 13.0. The lowest BCUT2D eigenvalue weighted by Crippen LogP contribution is -2.14. The third-order valence-electron chi connectivity index (χ3n) is 3.79. The number of hydrogen-bond donors (Lipinski definition) is 1. The Morgan fingerprint density at radius 2 is 2.04 bits per heavy atom. The number of carbonyl (C=O) groups excluding carboxylic acids is 1. The van der Waals surface area contributed by atoms with Gasteiger partial charge in [0, 0.05) is 10.7 Å². The van der Waals surface area contributed by atoms with E-state index in [0.717, 1.165) is 28.6 Å². The predicted octanol–water partition coefficient (Wildman–Crippen LogP) is 4.75. The van der Waals surface area contributed by atoms with Gasteiger partial charge in [0.25, 0.3) is 11.1 Å². The molecule has 27 heavy (non-hydrogen) atoms. The van der Waals surface area contributed by atoms with Gasteiger partial charge in [-0.15, -0.1) is 10.2 Å². The quantitative estimate of drug-likeness (QED) is 0.598. The molecule has 1 heterocycles. The number of aryl methyl sites for hydroxylation is 2. The molecule has 140 valence electrons. The van der Waals surface area contributed by atoms with E-state index in [0.29, 0.717) is 21.6 Å². The van der Waals surface area contributed by atoms with E-state index < -0.39 is 0 Å². The summed E-state index contributed by atoms with van der Waals surface area (Å²) in [6.45, 7) is 3.93. The average molecular weight is 404 g/mol. The lowest BCUT2D eigenvalue weighted by molar-refractivity contribution is -0.113. The van der Waals surface area contributed by atoms with Crippen molar-refractivity contribution in [2.45, 2.75) is 19.1 Å². The van der Waals surface area contributed by atoms with Crippen LogP contribution in [0, 0.1) is 13.8 Å². The highest BCUT2D eigenvalue weighted by atomic mass is 35.5. The first-order valence-electron chi connectivity index (χ1n) is 8.13. The van der Waals surface area contributed by atoms with E-state index in [1.807, 2.05) is 32.0 Å². The Kier molecular flexibility index (Phi) is 6.03. The number of nitrogens with zero attached hydrogens (tertiary/aromatic N) is 2. The van der Waals surface area contributed by atoms with Crippen LogP contribution in [-0.2, 0) is 4.79 Å². The third kappa shape index (κ3) is 4.81. The van der Waals surface area contributed by atoms with Crippen LogP contribution in [0.2, 0.25) is 5.02 Å². The minimum Gasteiger partial charge on any atom is -0.496 e. The van der Waals surface area contributed by atoms with Gasteiger partial charge in [0.15, 0.2) is 0 Å². The lowest BCUT2D eigenvalue weighted by Gasteiger charge is -2.08. The van der Waals surface area contributed by atoms with Crippen LogP contribution in [0.1, 0.15) is 11.1 Å². The van der Waals surface area contributed by atoms with E-state index in [4.69, 9.17) is 20.8 Å². The Balaban J connectivity index is 1.65. The normalized spacial score (nSPS) is 10.7. The molecule has 0 aliphatic rings. The summed E-state index contributed by atoms with van der Waals surface area (Å²) in [6.07, 6.45) is 0. The molecule has 0 unspecified atom stereocenters. The second kappa shape index (κ2) is 8.45. The molecule has 0 aliphatic carbocycles. The number of methoxy groups -OCH3 is 1. The molecule has 8 heteroatoms. The number of carbonyl (C=O) groups is 1. The van der Waals surface area contributed by atoms with Crippen molar-refractivity contribution in [3.8, 4) is 17.2 Å². The van der Waals surface area contributed by atoms with Crippen molar-refractivity contribution in [3.63, 3.8) is 0 Å². The number of thioether (sulfide) groups is 1. The van der Waals surface area contributed by atoms with Gasteiger partial charge in [-0.05, 0) is 49.2 Å². The van der Waals surface area contributed by atoms with Crippen molar-refractivity contribution >= 4 is 35.0 Å². The van der Waals surface area contributed by atoms with Crippen molar-refractivity contribution < 1.29 is 13.9 Å². The summed E-state index contributed by atoms with van der Waals surface area (Å²) in [5.74, 6) is 0.870. The molecule has 0 fully saturated rings. The number of halogens is 1. The summed E-state index contributed by atoms with van der Waals surface area (Å²) < 4.78 is 10.9. The zero-order valence-corrected chi connectivity index (χ0v) is 16.6. The minimum absolute atomic E-state index is 0.145. The van der Waals surface area contributed by atoms with E-state index >= 15 is 0 Å². The molecule has 2 aromatic carbocycles.